The molecule has 7 heteroatoms. The van der Waals surface area contributed by atoms with E-state index in [-0.39, 0.29) is 5.82 Å². The molecule has 3 rings (SSSR count). The Morgan fingerprint density at radius 2 is 2.00 bits per heavy atom. The maximum Gasteiger partial charge on any atom is 0.210 e. The molecular formula is C16H15FN4OS. The number of nitrogen functional groups attached to an aromatic ring is 1. The van der Waals surface area contributed by atoms with E-state index in [4.69, 9.17) is 10.6 Å². The molecule has 0 aliphatic rings. The van der Waals surface area contributed by atoms with Crippen molar-refractivity contribution >= 4 is 11.8 Å². The molecule has 0 radical (unpaired) electrons. The van der Waals surface area contributed by atoms with Crippen LogP contribution >= 0.6 is 11.8 Å². The predicted molar refractivity (Wildman–Crippen MR) is 88.1 cm³/mol. The molecule has 0 atom stereocenters. The zero-order chi connectivity index (χ0) is 16.2. The van der Waals surface area contributed by atoms with E-state index in [2.05, 4.69) is 10.2 Å². The van der Waals surface area contributed by atoms with Gasteiger partial charge < -0.3 is 10.6 Å². The molecule has 0 fully saturated rings. The number of hydrogen-bond donors (Lipinski definition) is 1. The molecule has 23 heavy (non-hydrogen) atoms. The summed E-state index contributed by atoms with van der Waals surface area (Å²) in [4.78, 5) is 0. The molecule has 1 heterocycles. The number of thioether (sulfide) groups is 1. The number of halogens is 1. The first kappa shape index (κ1) is 15.4. The third-order valence-electron chi connectivity index (χ3n) is 3.31. The van der Waals surface area contributed by atoms with Crippen LogP contribution in [0, 0.1) is 5.82 Å². The van der Waals surface area contributed by atoms with Crippen LogP contribution in [0.5, 0.6) is 5.75 Å². The van der Waals surface area contributed by atoms with Crippen molar-refractivity contribution in [3.63, 3.8) is 0 Å². The van der Waals surface area contributed by atoms with Crippen LogP contribution in [-0.2, 0) is 5.75 Å². The molecule has 2 N–H and O–H groups in total. The van der Waals surface area contributed by atoms with Crippen LogP contribution in [-0.4, -0.2) is 22.0 Å². The molecule has 0 aliphatic carbocycles. The summed E-state index contributed by atoms with van der Waals surface area (Å²) in [5, 5.41) is 8.71. The van der Waals surface area contributed by atoms with Crippen molar-refractivity contribution in [3.8, 4) is 17.1 Å². The fourth-order valence-corrected chi connectivity index (χ4v) is 2.94. The summed E-state index contributed by atoms with van der Waals surface area (Å²) in [6, 6.07) is 14.0. The quantitative estimate of drug-likeness (QED) is 0.575. The van der Waals surface area contributed by atoms with Crippen molar-refractivity contribution in [2.24, 2.45) is 0 Å². The molecular weight excluding hydrogens is 315 g/mol. The number of aromatic nitrogens is 3. The van der Waals surface area contributed by atoms with Gasteiger partial charge in [-0.15, -0.1) is 10.2 Å². The van der Waals surface area contributed by atoms with Gasteiger partial charge in [-0.25, -0.2) is 9.07 Å². The van der Waals surface area contributed by atoms with Crippen molar-refractivity contribution in [2.45, 2.75) is 10.9 Å². The lowest BCUT2D eigenvalue weighted by molar-refractivity contribution is 0.415. The van der Waals surface area contributed by atoms with Crippen molar-refractivity contribution in [3.05, 3.63) is 59.9 Å². The average Bonchev–Trinajstić information content (AvgIpc) is 2.95. The van der Waals surface area contributed by atoms with Crippen LogP contribution in [0.1, 0.15) is 5.56 Å². The molecule has 2 aromatic carbocycles. The monoisotopic (exact) mass is 330 g/mol. The average molecular weight is 330 g/mol. The molecule has 1 aromatic heterocycles. The van der Waals surface area contributed by atoms with Gasteiger partial charge in [-0.3, -0.25) is 0 Å². The lowest BCUT2D eigenvalue weighted by atomic mass is 10.2. The van der Waals surface area contributed by atoms with Gasteiger partial charge in [-0.2, -0.15) is 0 Å². The first-order valence-corrected chi connectivity index (χ1v) is 7.88. The van der Waals surface area contributed by atoms with Gasteiger partial charge in [0.2, 0.25) is 5.16 Å². The molecule has 5 nitrogen and oxygen atoms in total. The Hall–Kier alpha value is -2.54. The summed E-state index contributed by atoms with van der Waals surface area (Å²) in [6.07, 6.45) is 0. The molecule has 0 spiro atoms. The van der Waals surface area contributed by atoms with Gasteiger partial charge in [0.25, 0.3) is 0 Å². The van der Waals surface area contributed by atoms with E-state index in [1.807, 2.05) is 24.3 Å². The molecule has 3 aromatic rings. The van der Waals surface area contributed by atoms with Crippen molar-refractivity contribution in [1.82, 2.24) is 14.9 Å². The van der Waals surface area contributed by atoms with Gasteiger partial charge in [0.1, 0.15) is 11.6 Å². The Bertz CT molecular complexity index is 821. The molecule has 0 amide bonds. The molecule has 0 aliphatic heterocycles. The summed E-state index contributed by atoms with van der Waals surface area (Å²) in [5.41, 5.74) is 1.40. The van der Waals surface area contributed by atoms with Crippen LogP contribution in [0.25, 0.3) is 11.4 Å². The normalized spacial score (nSPS) is 10.7. The number of nitrogens with zero attached hydrogens (tertiary/aromatic N) is 3. The Balaban J connectivity index is 1.80. The summed E-state index contributed by atoms with van der Waals surface area (Å²) in [5.74, 6) is 7.50. The van der Waals surface area contributed by atoms with E-state index in [1.165, 1.54) is 22.5 Å². The summed E-state index contributed by atoms with van der Waals surface area (Å²) in [6.45, 7) is 0. The van der Waals surface area contributed by atoms with Gasteiger partial charge in [-0.05, 0) is 23.8 Å². The highest BCUT2D eigenvalue weighted by atomic mass is 32.2. The lowest BCUT2D eigenvalue weighted by Crippen LogP contribution is -2.11. The fourth-order valence-electron chi connectivity index (χ4n) is 2.09. The lowest BCUT2D eigenvalue weighted by Gasteiger charge is -2.06. The highest BCUT2D eigenvalue weighted by Crippen LogP contribution is 2.26. The number of ether oxygens (including phenoxy) is 1. The summed E-state index contributed by atoms with van der Waals surface area (Å²) < 4.78 is 20.2. The number of rotatable bonds is 5. The van der Waals surface area contributed by atoms with Crippen molar-refractivity contribution in [1.29, 1.82) is 0 Å². The van der Waals surface area contributed by atoms with Crippen LogP contribution in [0.2, 0.25) is 0 Å². The minimum atomic E-state index is -0.240. The molecule has 0 bridgehead atoms. The van der Waals surface area contributed by atoms with Crippen molar-refractivity contribution < 1.29 is 9.13 Å². The number of hydrogen-bond acceptors (Lipinski definition) is 5. The highest BCUT2D eigenvalue weighted by Gasteiger charge is 2.13. The van der Waals surface area contributed by atoms with Gasteiger partial charge in [-0.1, -0.05) is 42.1 Å². The molecule has 0 saturated heterocycles. The zero-order valence-corrected chi connectivity index (χ0v) is 13.3. The fraction of sp³-hybridized carbons (Fsp3) is 0.125. The van der Waals surface area contributed by atoms with Gasteiger partial charge in [0.15, 0.2) is 5.82 Å². The zero-order valence-electron chi connectivity index (χ0n) is 12.4. The third kappa shape index (κ3) is 3.29. The van der Waals surface area contributed by atoms with Gasteiger partial charge in [0.05, 0.1) is 7.11 Å². The number of nitrogens with two attached hydrogens (primary N) is 1. The standard InChI is InChI=1S/C16H15FN4OS/c1-22-13-7-4-6-11(9-13)15-19-20-16(21(15)18)23-10-12-5-2-3-8-14(12)17/h2-9H,10,18H2,1H3. The number of benzene rings is 2. The van der Waals surface area contributed by atoms with Crippen molar-refractivity contribution in [2.75, 3.05) is 13.0 Å². The smallest absolute Gasteiger partial charge is 0.210 e. The second-order valence-corrected chi connectivity index (χ2v) is 5.73. The molecule has 118 valence electrons. The van der Waals surface area contributed by atoms with Gasteiger partial charge in [0, 0.05) is 11.3 Å². The van der Waals surface area contributed by atoms with E-state index in [9.17, 15) is 4.39 Å². The third-order valence-corrected chi connectivity index (χ3v) is 4.30. The number of methoxy groups -OCH3 is 1. The second kappa shape index (κ2) is 6.70. The van der Waals surface area contributed by atoms with E-state index in [0.717, 1.165) is 5.56 Å². The van der Waals surface area contributed by atoms with E-state index < -0.39 is 0 Å². The van der Waals surface area contributed by atoms with Crippen LogP contribution < -0.4 is 10.6 Å². The van der Waals surface area contributed by atoms with E-state index in [0.29, 0.717) is 28.0 Å². The van der Waals surface area contributed by atoms with Crippen LogP contribution in [0.15, 0.2) is 53.7 Å². The first-order valence-electron chi connectivity index (χ1n) is 6.90. The maximum atomic E-state index is 13.6. The molecule has 0 unspecified atom stereocenters. The van der Waals surface area contributed by atoms with E-state index in [1.54, 1.807) is 25.3 Å². The largest absolute Gasteiger partial charge is 0.497 e. The molecule has 0 saturated carbocycles. The van der Waals surface area contributed by atoms with Crippen LogP contribution in [0.4, 0.5) is 4.39 Å². The first-order chi connectivity index (χ1) is 11.2. The minimum Gasteiger partial charge on any atom is -0.497 e. The summed E-state index contributed by atoms with van der Waals surface area (Å²) >= 11 is 1.33. The second-order valence-electron chi connectivity index (χ2n) is 4.79. The van der Waals surface area contributed by atoms with Crippen LogP contribution in [0.3, 0.4) is 0 Å². The Kier molecular flexibility index (Phi) is 4.47. The topological polar surface area (TPSA) is 66.0 Å². The Morgan fingerprint density at radius 3 is 2.78 bits per heavy atom. The summed E-state index contributed by atoms with van der Waals surface area (Å²) in [7, 11) is 1.60. The minimum absolute atomic E-state index is 0.240. The predicted octanol–water partition coefficient (Wildman–Crippen LogP) is 3.10. The SMILES string of the molecule is COc1cccc(-c2nnc(SCc3ccccc3F)n2N)c1. The Morgan fingerprint density at radius 1 is 1.17 bits per heavy atom. The van der Waals surface area contributed by atoms with Gasteiger partial charge >= 0.3 is 0 Å². The maximum absolute atomic E-state index is 13.6. The van der Waals surface area contributed by atoms with E-state index >= 15 is 0 Å². The Labute approximate surface area is 137 Å². The highest BCUT2D eigenvalue weighted by molar-refractivity contribution is 7.98.